The number of amides is 2. The Balaban J connectivity index is 1.82. The molecule has 6 nitrogen and oxygen atoms in total. The second-order valence-corrected chi connectivity index (χ2v) is 7.37. The van der Waals surface area contributed by atoms with Crippen molar-refractivity contribution in [3.63, 3.8) is 0 Å². The van der Waals surface area contributed by atoms with Crippen molar-refractivity contribution >= 4 is 40.1 Å². The van der Waals surface area contributed by atoms with Crippen molar-refractivity contribution in [1.82, 2.24) is 9.88 Å². The van der Waals surface area contributed by atoms with Gasteiger partial charge in [-0.1, -0.05) is 36.5 Å². The maximum atomic E-state index is 13.2. The van der Waals surface area contributed by atoms with Crippen LogP contribution in [0.2, 0.25) is 0 Å². The summed E-state index contributed by atoms with van der Waals surface area (Å²) in [7, 11) is 0. The van der Waals surface area contributed by atoms with Crippen LogP contribution in [0.25, 0.3) is 22.6 Å². The Bertz CT molecular complexity index is 1320. The number of β-amino-alcohol motifs (C(OH)–C–C–N with tert-alkyl or cyclic N) is 1. The van der Waals surface area contributed by atoms with Crippen LogP contribution in [0.5, 0.6) is 0 Å². The average molecular weight is 371 g/mol. The Morgan fingerprint density at radius 3 is 2.86 bits per heavy atom. The molecule has 2 aliphatic carbocycles. The summed E-state index contributed by atoms with van der Waals surface area (Å²) in [5.41, 5.74) is 4.70. The number of fused-ring (bicyclic) bond motifs is 9. The number of nitrogens with zero attached hydrogens (tertiary/aromatic N) is 1. The third-order valence-corrected chi connectivity index (χ3v) is 5.96. The fourth-order valence-electron chi connectivity index (χ4n) is 4.81. The molecule has 0 radical (unpaired) electrons. The molecule has 6 heteroatoms. The highest BCUT2D eigenvalue weighted by Gasteiger charge is 2.42. The van der Waals surface area contributed by atoms with Crippen LogP contribution in [-0.4, -0.2) is 46.0 Å². The van der Waals surface area contributed by atoms with Gasteiger partial charge in [0.05, 0.1) is 41.5 Å². The van der Waals surface area contributed by atoms with E-state index in [1.54, 1.807) is 0 Å². The fourth-order valence-corrected chi connectivity index (χ4v) is 4.81. The zero-order valence-electron chi connectivity index (χ0n) is 15.0. The molecular weight excluding hydrogens is 354 g/mol. The summed E-state index contributed by atoms with van der Waals surface area (Å²) in [5, 5.41) is 15.5. The van der Waals surface area contributed by atoms with E-state index in [4.69, 9.17) is 0 Å². The highest BCUT2D eigenvalue weighted by molar-refractivity contribution is 6.29. The number of carbonyl (C=O) groups excluding carboxylic acids is 2. The summed E-state index contributed by atoms with van der Waals surface area (Å²) in [6.45, 7) is -0.248. The lowest BCUT2D eigenvalue weighted by Gasteiger charge is -2.12. The van der Waals surface area contributed by atoms with Crippen LogP contribution in [0.1, 0.15) is 26.3 Å². The first-order valence-electron chi connectivity index (χ1n) is 9.40. The van der Waals surface area contributed by atoms with E-state index in [1.165, 1.54) is 4.90 Å². The number of carbonyl (C=O) groups is 2. The van der Waals surface area contributed by atoms with Gasteiger partial charge in [-0.3, -0.25) is 14.5 Å². The number of aromatic amines is 1. The van der Waals surface area contributed by atoms with Gasteiger partial charge in [-0.2, -0.15) is 0 Å². The summed E-state index contributed by atoms with van der Waals surface area (Å²) in [6, 6.07) is -0.0214. The minimum Gasteiger partial charge on any atom is -0.395 e. The Hall–Kier alpha value is -3.38. The molecule has 28 heavy (non-hydrogen) atoms. The van der Waals surface area contributed by atoms with Gasteiger partial charge in [0.1, 0.15) is 0 Å². The molecule has 1 unspecified atom stereocenters. The van der Waals surface area contributed by atoms with Crippen molar-refractivity contribution < 1.29 is 14.7 Å². The molecule has 3 heterocycles. The molecule has 2 aliphatic heterocycles. The minimum absolute atomic E-state index is 0.00316. The van der Waals surface area contributed by atoms with Crippen molar-refractivity contribution in [3.05, 3.63) is 63.7 Å². The number of allylic oxidation sites excluding steroid dienone is 4. The monoisotopic (exact) mass is 371 g/mol. The number of anilines is 1. The molecule has 0 saturated carbocycles. The zero-order valence-corrected chi connectivity index (χ0v) is 15.0. The molecule has 3 N–H and O–H groups in total. The molecule has 4 aliphatic rings. The standard InChI is InChI=1S/C22H17N3O3/c26-10-9-25-21(27)17-15-11-5-1-3-7-13(11)23-19(15)20-16(18(17)22(25)28)12-6-2-4-8-14(12)24-20/h1-5,7-8,13,23-24,26H,6,9-10H2. The highest BCUT2D eigenvalue weighted by atomic mass is 16.3. The third kappa shape index (κ3) is 1.75. The molecule has 1 aromatic carbocycles. The van der Waals surface area contributed by atoms with E-state index in [0.717, 1.165) is 38.3 Å². The van der Waals surface area contributed by atoms with Gasteiger partial charge >= 0.3 is 0 Å². The summed E-state index contributed by atoms with van der Waals surface area (Å²) >= 11 is 0. The minimum atomic E-state index is -0.324. The van der Waals surface area contributed by atoms with Crippen molar-refractivity contribution in [1.29, 1.82) is 0 Å². The van der Waals surface area contributed by atoms with Crippen LogP contribution in [0.4, 0.5) is 5.69 Å². The number of imide groups is 1. The van der Waals surface area contributed by atoms with E-state index >= 15 is 0 Å². The molecule has 6 rings (SSSR count). The van der Waals surface area contributed by atoms with Crippen LogP contribution in [0, 0.1) is 0 Å². The van der Waals surface area contributed by atoms with Crippen LogP contribution < -0.4 is 15.9 Å². The molecule has 1 aromatic heterocycles. The SMILES string of the molecule is O=C1c2c(c3c4c([nH]c3c3c2=C2C=CC=CC2N3)=CC=CC4)C(=O)N1CCO. The number of nitrogens with one attached hydrogen (secondary N) is 2. The first-order valence-corrected chi connectivity index (χ1v) is 9.40. The summed E-state index contributed by atoms with van der Waals surface area (Å²) in [4.78, 5) is 31.1. The van der Waals surface area contributed by atoms with Crippen molar-refractivity contribution in [2.24, 2.45) is 0 Å². The van der Waals surface area contributed by atoms with Gasteiger partial charge in [0.25, 0.3) is 11.8 Å². The second-order valence-electron chi connectivity index (χ2n) is 7.37. The third-order valence-electron chi connectivity index (χ3n) is 5.96. The molecule has 138 valence electrons. The highest BCUT2D eigenvalue weighted by Crippen LogP contribution is 2.37. The Morgan fingerprint density at radius 2 is 2.00 bits per heavy atom. The van der Waals surface area contributed by atoms with Gasteiger partial charge in [-0.25, -0.2) is 0 Å². The van der Waals surface area contributed by atoms with Crippen LogP contribution in [-0.2, 0) is 6.42 Å². The lowest BCUT2D eigenvalue weighted by Crippen LogP contribution is -2.33. The van der Waals surface area contributed by atoms with Crippen molar-refractivity contribution in [2.45, 2.75) is 12.5 Å². The van der Waals surface area contributed by atoms with Gasteiger partial charge in [0.2, 0.25) is 0 Å². The Kier molecular flexibility index (Phi) is 2.98. The summed E-state index contributed by atoms with van der Waals surface area (Å²) in [6.07, 6.45) is 14.7. The summed E-state index contributed by atoms with van der Waals surface area (Å²) < 4.78 is 0. The van der Waals surface area contributed by atoms with E-state index < -0.39 is 0 Å². The molecule has 1 atom stereocenters. The van der Waals surface area contributed by atoms with E-state index in [1.807, 2.05) is 30.4 Å². The predicted octanol–water partition coefficient (Wildman–Crippen LogP) is 0.720. The summed E-state index contributed by atoms with van der Waals surface area (Å²) in [5.74, 6) is -0.645. The number of aromatic nitrogens is 1. The molecule has 0 saturated heterocycles. The number of aliphatic hydroxyl groups excluding tert-OH is 1. The quantitative estimate of drug-likeness (QED) is 0.679. The number of hydrogen-bond acceptors (Lipinski definition) is 4. The first kappa shape index (κ1) is 15.7. The molecule has 2 aromatic rings. The largest absolute Gasteiger partial charge is 0.395 e. The number of rotatable bonds is 2. The lowest BCUT2D eigenvalue weighted by atomic mass is 9.94. The maximum Gasteiger partial charge on any atom is 0.262 e. The van der Waals surface area contributed by atoms with Gasteiger partial charge in [-0.15, -0.1) is 0 Å². The van der Waals surface area contributed by atoms with E-state index in [9.17, 15) is 14.7 Å². The van der Waals surface area contributed by atoms with Crippen LogP contribution >= 0.6 is 0 Å². The maximum absolute atomic E-state index is 13.2. The Morgan fingerprint density at radius 1 is 1.14 bits per heavy atom. The lowest BCUT2D eigenvalue weighted by molar-refractivity contribution is 0.0624. The number of H-pyrrole nitrogens is 1. The topological polar surface area (TPSA) is 85.4 Å². The number of aliphatic hydroxyl groups is 1. The van der Waals surface area contributed by atoms with Crippen molar-refractivity contribution in [2.75, 3.05) is 18.5 Å². The molecule has 0 spiro atoms. The first-order chi connectivity index (χ1) is 13.7. The second kappa shape index (κ2) is 5.33. The van der Waals surface area contributed by atoms with E-state index in [2.05, 4.69) is 22.5 Å². The molecular formula is C22H17N3O3. The normalized spacial score (nSPS) is 21.0. The van der Waals surface area contributed by atoms with Crippen LogP contribution in [0.3, 0.4) is 0 Å². The molecule has 0 fully saturated rings. The predicted molar refractivity (Wildman–Crippen MR) is 106 cm³/mol. The number of hydrogen-bond donors (Lipinski definition) is 3. The van der Waals surface area contributed by atoms with Gasteiger partial charge in [0, 0.05) is 16.0 Å². The molecule has 2 amide bonds. The zero-order chi connectivity index (χ0) is 19.0. The van der Waals surface area contributed by atoms with Crippen molar-refractivity contribution in [3.8, 4) is 0 Å². The smallest absolute Gasteiger partial charge is 0.262 e. The van der Waals surface area contributed by atoms with Gasteiger partial charge in [0.15, 0.2) is 0 Å². The number of benzene rings is 1. The van der Waals surface area contributed by atoms with Crippen LogP contribution in [0.15, 0.2) is 36.5 Å². The van der Waals surface area contributed by atoms with Gasteiger partial charge in [-0.05, 0) is 23.6 Å². The molecule has 0 bridgehead atoms. The van der Waals surface area contributed by atoms with Gasteiger partial charge < -0.3 is 15.4 Å². The Labute approximate surface area is 159 Å². The average Bonchev–Trinajstić information content (AvgIpc) is 3.35. The van der Waals surface area contributed by atoms with E-state index in [-0.39, 0.29) is 31.0 Å². The fraction of sp³-hybridized carbons (Fsp3) is 0.182. The van der Waals surface area contributed by atoms with E-state index in [0.29, 0.717) is 17.5 Å².